The number of ether oxygens (including phenoxy) is 1. The molecule has 0 radical (unpaired) electrons. The summed E-state index contributed by atoms with van der Waals surface area (Å²) in [5, 5.41) is 13.9. The van der Waals surface area contributed by atoms with Crippen molar-refractivity contribution in [2.45, 2.75) is 45.6 Å². The van der Waals surface area contributed by atoms with Gasteiger partial charge in [-0.1, -0.05) is 42.9 Å². The molecule has 0 N–H and O–H groups in total. The summed E-state index contributed by atoms with van der Waals surface area (Å²) in [4.78, 5) is 7.18. The zero-order chi connectivity index (χ0) is 24.9. The zero-order valence-electron chi connectivity index (χ0n) is 20.8. The molecule has 3 aromatic rings. The van der Waals surface area contributed by atoms with Crippen LogP contribution in [0.25, 0.3) is 22.8 Å². The molecular formula is C29H32N4O2. The van der Waals surface area contributed by atoms with Crippen LogP contribution in [-0.2, 0) is 6.42 Å². The number of aromatic nitrogens is 2. The van der Waals surface area contributed by atoms with Crippen LogP contribution < -0.4 is 4.74 Å². The van der Waals surface area contributed by atoms with Gasteiger partial charge in [0.25, 0.3) is 5.89 Å². The van der Waals surface area contributed by atoms with E-state index in [1.165, 1.54) is 11.1 Å². The molecule has 1 unspecified atom stereocenters. The second kappa shape index (κ2) is 10.7. The van der Waals surface area contributed by atoms with Crippen molar-refractivity contribution >= 4 is 0 Å². The molecule has 0 bridgehead atoms. The van der Waals surface area contributed by atoms with Crippen molar-refractivity contribution < 1.29 is 9.26 Å². The fourth-order valence-electron chi connectivity index (χ4n) is 5.14. The highest BCUT2D eigenvalue weighted by Gasteiger charge is 2.33. The molecule has 0 saturated heterocycles. The molecule has 0 spiro atoms. The van der Waals surface area contributed by atoms with E-state index in [0.717, 1.165) is 37.8 Å². The maximum atomic E-state index is 9.55. The second-order valence-electron chi connectivity index (χ2n) is 9.17. The number of nitrogens with zero attached hydrogens (tertiary/aromatic N) is 4. The minimum Gasteiger partial charge on any atom is -0.461 e. The highest BCUT2D eigenvalue weighted by Crippen LogP contribution is 2.43. The van der Waals surface area contributed by atoms with E-state index < -0.39 is 0 Å². The molecule has 180 valence electrons. The normalized spacial score (nSPS) is 17.0. The predicted molar refractivity (Wildman–Crippen MR) is 138 cm³/mol. The lowest BCUT2D eigenvalue weighted by molar-refractivity contribution is 0.159. The SMILES string of the molecule is C=CC[C@@H]1CCc2c(-c3noc(-c4ccc(OC(=C)C)c(C#N)c4)n3)cccc2C1N(C)CCC. The highest BCUT2D eigenvalue weighted by atomic mass is 16.5. The van der Waals surface area contributed by atoms with Gasteiger partial charge < -0.3 is 9.26 Å². The van der Waals surface area contributed by atoms with Crippen LogP contribution in [0.1, 0.15) is 55.8 Å². The zero-order valence-corrected chi connectivity index (χ0v) is 20.8. The van der Waals surface area contributed by atoms with E-state index >= 15 is 0 Å². The smallest absolute Gasteiger partial charge is 0.258 e. The van der Waals surface area contributed by atoms with Crippen LogP contribution in [0, 0.1) is 17.2 Å². The molecule has 1 aliphatic rings. The van der Waals surface area contributed by atoms with Gasteiger partial charge in [0.15, 0.2) is 0 Å². The molecule has 1 heterocycles. The first-order valence-electron chi connectivity index (χ1n) is 12.1. The minimum atomic E-state index is 0.335. The van der Waals surface area contributed by atoms with Crippen LogP contribution in [0.3, 0.4) is 0 Å². The Bertz CT molecular complexity index is 1270. The maximum Gasteiger partial charge on any atom is 0.258 e. The lowest BCUT2D eigenvalue weighted by Crippen LogP contribution is -2.34. The summed E-state index contributed by atoms with van der Waals surface area (Å²) in [6.45, 7) is 12.7. The molecular weight excluding hydrogens is 436 g/mol. The second-order valence-corrected chi connectivity index (χ2v) is 9.17. The van der Waals surface area contributed by atoms with Crippen LogP contribution in [0.15, 0.2) is 65.9 Å². The van der Waals surface area contributed by atoms with Gasteiger partial charge in [0.1, 0.15) is 11.8 Å². The summed E-state index contributed by atoms with van der Waals surface area (Å²) < 4.78 is 11.2. The molecule has 35 heavy (non-hydrogen) atoms. The number of rotatable bonds is 9. The Labute approximate surface area is 207 Å². The van der Waals surface area contributed by atoms with Crippen molar-refractivity contribution in [2.24, 2.45) is 5.92 Å². The standard InChI is InChI=1S/C29H32N4O2/c1-6-9-20-12-14-23-24(27(20)33(5)16-7-2)10-8-11-25(23)28-31-29(35-32-28)21-13-15-26(34-19(3)4)22(17-21)18-30/h6,8,10-11,13,15,17,20,27H,1,3,7,9,12,14,16H2,2,4-5H3/t20-,27?/m1/s1. The van der Waals surface area contributed by atoms with Crippen LogP contribution in [0.5, 0.6) is 5.75 Å². The van der Waals surface area contributed by atoms with E-state index in [0.29, 0.717) is 46.3 Å². The number of nitriles is 1. The first kappa shape index (κ1) is 24.4. The van der Waals surface area contributed by atoms with E-state index in [9.17, 15) is 5.26 Å². The van der Waals surface area contributed by atoms with E-state index in [2.05, 4.69) is 61.5 Å². The fourth-order valence-corrected chi connectivity index (χ4v) is 5.14. The Morgan fingerprint density at radius 1 is 1.34 bits per heavy atom. The molecule has 0 amide bonds. The van der Waals surface area contributed by atoms with Gasteiger partial charge >= 0.3 is 0 Å². The summed E-state index contributed by atoms with van der Waals surface area (Å²) in [6, 6.07) is 14.1. The average molecular weight is 469 g/mol. The molecule has 6 heteroatoms. The van der Waals surface area contributed by atoms with Crippen molar-refractivity contribution in [3.05, 3.63) is 78.1 Å². The summed E-state index contributed by atoms with van der Waals surface area (Å²) in [5.41, 5.74) is 4.70. The third-order valence-electron chi connectivity index (χ3n) is 6.56. The molecule has 0 aliphatic heterocycles. The molecule has 2 aromatic carbocycles. The lowest BCUT2D eigenvalue weighted by atomic mass is 9.76. The third kappa shape index (κ3) is 5.06. The molecule has 4 rings (SSSR count). The Morgan fingerprint density at radius 2 is 2.17 bits per heavy atom. The Morgan fingerprint density at radius 3 is 2.89 bits per heavy atom. The fraction of sp³-hybridized carbons (Fsp3) is 0.345. The monoisotopic (exact) mass is 468 g/mol. The summed E-state index contributed by atoms with van der Waals surface area (Å²) in [5.74, 6) is 2.45. The third-order valence-corrected chi connectivity index (χ3v) is 6.56. The molecule has 0 saturated carbocycles. The summed E-state index contributed by atoms with van der Waals surface area (Å²) in [7, 11) is 2.21. The maximum absolute atomic E-state index is 9.55. The van der Waals surface area contributed by atoms with Crippen molar-refractivity contribution in [3.8, 4) is 34.7 Å². The van der Waals surface area contributed by atoms with E-state index in [1.807, 2.05) is 12.1 Å². The molecule has 2 atom stereocenters. The van der Waals surface area contributed by atoms with Gasteiger partial charge in [-0.05, 0) is 81.4 Å². The van der Waals surface area contributed by atoms with Crippen molar-refractivity contribution in [3.63, 3.8) is 0 Å². The largest absolute Gasteiger partial charge is 0.461 e. The molecule has 6 nitrogen and oxygen atoms in total. The number of hydrogen-bond acceptors (Lipinski definition) is 6. The van der Waals surface area contributed by atoms with Gasteiger partial charge in [-0.15, -0.1) is 6.58 Å². The lowest BCUT2D eigenvalue weighted by Gasteiger charge is -2.39. The quantitative estimate of drug-likeness (QED) is 0.257. The van der Waals surface area contributed by atoms with Gasteiger partial charge in [-0.2, -0.15) is 10.2 Å². The van der Waals surface area contributed by atoms with Crippen molar-refractivity contribution in [1.29, 1.82) is 5.26 Å². The Balaban J connectivity index is 1.70. The average Bonchev–Trinajstić information content (AvgIpc) is 3.34. The number of hydrogen-bond donors (Lipinski definition) is 0. The topological polar surface area (TPSA) is 75.2 Å². The van der Waals surface area contributed by atoms with E-state index in [-0.39, 0.29) is 0 Å². The van der Waals surface area contributed by atoms with Crippen LogP contribution >= 0.6 is 0 Å². The van der Waals surface area contributed by atoms with Gasteiger partial charge in [0, 0.05) is 17.2 Å². The van der Waals surface area contributed by atoms with Gasteiger partial charge in [0.2, 0.25) is 5.82 Å². The van der Waals surface area contributed by atoms with Crippen LogP contribution in [0.2, 0.25) is 0 Å². The van der Waals surface area contributed by atoms with Crippen molar-refractivity contribution in [1.82, 2.24) is 15.0 Å². The minimum absolute atomic E-state index is 0.335. The van der Waals surface area contributed by atoms with Gasteiger partial charge in [-0.3, -0.25) is 4.90 Å². The first-order chi connectivity index (χ1) is 17.0. The predicted octanol–water partition coefficient (Wildman–Crippen LogP) is 6.71. The highest BCUT2D eigenvalue weighted by molar-refractivity contribution is 5.66. The number of fused-ring (bicyclic) bond motifs is 1. The summed E-state index contributed by atoms with van der Waals surface area (Å²) in [6.07, 6.45) is 6.21. The Kier molecular flexibility index (Phi) is 7.48. The molecule has 0 fully saturated rings. The van der Waals surface area contributed by atoms with E-state index in [4.69, 9.17) is 14.2 Å². The Hall–Kier alpha value is -3.69. The van der Waals surface area contributed by atoms with Gasteiger partial charge in [-0.25, -0.2) is 0 Å². The van der Waals surface area contributed by atoms with Crippen LogP contribution in [0.4, 0.5) is 0 Å². The van der Waals surface area contributed by atoms with Gasteiger partial charge in [0.05, 0.1) is 11.3 Å². The first-order valence-corrected chi connectivity index (χ1v) is 12.1. The van der Waals surface area contributed by atoms with E-state index in [1.54, 1.807) is 19.1 Å². The van der Waals surface area contributed by atoms with Crippen molar-refractivity contribution in [2.75, 3.05) is 13.6 Å². The molecule has 1 aliphatic carbocycles. The number of allylic oxidation sites excluding steroid dienone is 2. The molecule has 1 aromatic heterocycles. The van der Waals surface area contributed by atoms with Crippen LogP contribution in [-0.4, -0.2) is 28.6 Å². The summed E-state index contributed by atoms with van der Waals surface area (Å²) >= 11 is 0. The number of benzene rings is 2.